The molecule has 0 aromatic carbocycles. The fourth-order valence-electron chi connectivity index (χ4n) is 1.74. The molecule has 2 heterocycles. The molecule has 0 amide bonds. The number of hydrogen-bond donors (Lipinski definition) is 0. The molecule has 6 heteroatoms. The molecular weight excluding hydrogens is 255 g/mol. The van der Waals surface area contributed by atoms with Crippen LogP contribution >= 0.6 is 0 Å². The van der Waals surface area contributed by atoms with Gasteiger partial charge in [0.05, 0.1) is 17.8 Å². The van der Waals surface area contributed by atoms with Crippen molar-refractivity contribution in [1.29, 1.82) is 0 Å². The molecule has 0 unspecified atom stereocenters. The van der Waals surface area contributed by atoms with Crippen LogP contribution < -0.4 is 10.2 Å². The first-order valence-corrected chi connectivity index (χ1v) is 7.02. The van der Waals surface area contributed by atoms with Crippen LogP contribution in [0.15, 0.2) is 12.4 Å². The molecule has 1 saturated heterocycles. The summed E-state index contributed by atoms with van der Waals surface area (Å²) < 4.78 is 17.4. The normalized spacial score (nSPS) is 20.4. The molecule has 0 bridgehead atoms. The number of aromatic nitrogens is 2. The molecule has 0 aliphatic carbocycles. The molecule has 0 radical (unpaired) electrons. The SMILES string of the molecule is CC(C)COc1ncc(B2OC(C)(C)C(C)(C)O2)cn1. The Hall–Kier alpha value is -1.14. The first-order valence-electron chi connectivity index (χ1n) is 7.02. The molecular formula is C14H23BN2O3. The summed E-state index contributed by atoms with van der Waals surface area (Å²) in [6.45, 7) is 12.9. The largest absolute Gasteiger partial charge is 0.498 e. The Labute approximate surface area is 121 Å². The van der Waals surface area contributed by atoms with Crippen molar-refractivity contribution in [2.45, 2.75) is 52.7 Å². The van der Waals surface area contributed by atoms with Crippen molar-refractivity contribution >= 4 is 12.6 Å². The van der Waals surface area contributed by atoms with E-state index in [9.17, 15) is 0 Å². The van der Waals surface area contributed by atoms with Gasteiger partial charge in [0, 0.05) is 17.9 Å². The minimum atomic E-state index is -0.431. The van der Waals surface area contributed by atoms with Crippen LogP contribution in [0.5, 0.6) is 6.01 Å². The van der Waals surface area contributed by atoms with E-state index in [0.717, 1.165) is 5.46 Å². The number of ether oxygens (including phenoxy) is 1. The number of rotatable bonds is 4. The quantitative estimate of drug-likeness (QED) is 0.786. The van der Waals surface area contributed by atoms with E-state index in [1.165, 1.54) is 0 Å². The Morgan fingerprint density at radius 2 is 1.60 bits per heavy atom. The summed E-state index contributed by atoms with van der Waals surface area (Å²) >= 11 is 0. The zero-order chi connectivity index (χ0) is 15.0. The van der Waals surface area contributed by atoms with Gasteiger partial charge in [-0.25, -0.2) is 9.97 Å². The fourth-order valence-corrected chi connectivity index (χ4v) is 1.74. The maximum absolute atomic E-state index is 5.95. The second kappa shape index (κ2) is 5.33. The van der Waals surface area contributed by atoms with Crippen LogP contribution in [0.4, 0.5) is 0 Å². The van der Waals surface area contributed by atoms with Gasteiger partial charge in [0.2, 0.25) is 0 Å². The summed E-state index contributed by atoms with van der Waals surface area (Å²) in [4.78, 5) is 8.39. The highest BCUT2D eigenvalue weighted by Gasteiger charge is 2.51. The first kappa shape index (κ1) is 15.3. The van der Waals surface area contributed by atoms with Crippen molar-refractivity contribution in [3.63, 3.8) is 0 Å². The second-order valence-corrected chi connectivity index (χ2v) is 6.59. The summed E-state index contributed by atoms with van der Waals surface area (Å²) in [5.74, 6) is 0.446. The van der Waals surface area contributed by atoms with Gasteiger partial charge in [0.1, 0.15) is 0 Å². The van der Waals surface area contributed by atoms with Gasteiger partial charge >= 0.3 is 13.1 Å². The third-order valence-corrected chi connectivity index (χ3v) is 3.72. The lowest BCUT2D eigenvalue weighted by Gasteiger charge is -2.32. The summed E-state index contributed by atoms with van der Waals surface area (Å²) in [5, 5.41) is 0. The fraction of sp³-hybridized carbons (Fsp3) is 0.714. The smallest absolute Gasteiger partial charge is 0.463 e. The van der Waals surface area contributed by atoms with Gasteiger partial charge in [-0.2, -0.15) is 0 Å². The van der Waals surface area contributed by atoms with Crippen molar-refractivity contribution in [2.24, 2.45) is 5.92 Å². The van der Waals surface area contributed by atoms with Crippen LogP contribution in [-0.2, 0) is 9.31 Å². The first-order chi connectivity index (χ1) is 9.21. The Morgan fingerprint density at radius 1 is 1.10 bits per heavy atom. The maximum atomic E-state index is 5.95. The maximum Gasteiger partial charge on any atom is 0.498 e. The van der Waals surface area contributed by atoms with E-state index in [1.54, 1.807) is 12.4 Å². The van der Waals surface area contributed by atoms with Crippen LogP contribution in [-0.4, -0.2) is 34.9 Å². The van der Waals surface area contributed by atoms with Crippen molar-refractivity contribution in [3.8, 4) is 6.01 Å². The Bertz CT molecular complexity index is 444. The van der Waals surface area contributed by atoms with Crippen molar-refractivity contribution in [3.05, 3.63) is 12.4 Å². The van der Waals surface area contributed by atoms with E-state index in [0.29, 0.717) is 18.5 Å². The predicted molar refractivity (Wildman–Crippen MR) is 78.1 cm³/mol. The average Bonchev–Trinajstić information content (AvgIpc) is 2.56. The van der Waals surface area contributed by atoms with Crippen LogP contribution in [0.25, 0.3) is 0 Å². The second-order valence-electron chi connectivity index (χ2n) is 6.59. The van der Waals surface area contributed by atoms with E-state index in [4.69, 9.17) is 14.0 Å². The number of nitrogens with zero attached hydrogens (tertiary/aromatic N) is 2. The molecule has 5 nitrogen and oxygen atoms in total. The van der Waals surface area contributed by atoms with E-state index in [-0.39, 0.29) is 11.2 Å². The highest BCUT2D eigenvalue weighted by atomic mass is 16.7. The third kappa shape index (κ3) is 3.12. The summed E-state index contributed by atoms with van der Waals surface area (Å²) in [7, 11) is -0.431. The lowest BCUT2D eigenvalue weighted by molar-refractivity contribution is 0.00578. The van der Waals surface area contributed by atoms with Crippen molar-refractivity contribution in [1.82, 2.24) is 9.97 Å². The van der Waals surface area contributed by atoms with Crippen LogP contribution in [0, 0.1) is 5.92 Å². The van der Waals surface area contributed by atoms with Crippen LogP contribution in [0.3, 0.4) is 0 Å². The summed E-state index contributed by atoms with van der Waals surface area (Å²) in [5.41, 5.74) is 0.0927. The molecule has 2 rings (SSSR count). The molecule has 1 fully saturated rings. The van der Waals surface area contributed by atoms with Crippen LogP contribution in [0.2, 0.25) is 0 Å². The molecule has 0 N–H and O–H groups in total. The standard InChI is InChI=1S/C14H23BN2O3/c1-10(2)9-18-12-16-7-11(8-17-12)15-19-13(3,4)14(5,6)20-15/h7-8,10H,9H2,1-6H3. The van der Waals surface area contributed by atoms with E-state index < -0.39 is 7.12 Å². The summed E-state index contributed by atoms with van der Waals surface area (Å²) in [6, 6.07) is 0.388. The lowest BCUT2D eigenvalue weighted by atomic mass is 9.81. The molecule has 1 aliphatic heterocycles. The molecule has 0 spiro atoms. The predicted octanol–water partition coefficient (Wildman–Crippen LogP) is 1.81. The third-order valence-electron chi connectivity index (χ3n) is 3.72. The molecule has 1 aromatic heterocycles. The topological polar surface area (TPSA) is 53.5 Å². The Balaban J connectivity index is 2.05. The van der Waals surface area contributed by atoms with Gasteiger partial charge in [-0.15, -0.1) is 0 Å². The van der Waals surface area contributed by atoms with Gasteiger partial charge in [-0.1, -0.05) is 13.8 Å². The van der Waals surface area contributed by atoms with Gasteiger partial charge in [0.15, 0.2) is 0 Å². The minimum Gasteiger partial charge on any atom is -0.463 e. The molecule has 0 atom stereocenters. The van der Waals surface area contributed by atoms with Crippen molar-refractivity contribution in [2.75, 3.05) is 6.61 Å². The van der Waals surface area contributed by atoms with Crippen LogP contribution in [0.1, 0.15) is 41.5 Å². The lowest BCUT2D eigenvalue weighted by Crippen LogP contribution is -2.41. The Morgan fingerprint density at radius 3 is 2.05 bits per heavy atom. The van der Waals surface area contributed by atoms with Gasteiger partial charge in [0.25, 0.3) is 0 Å². The molecule has 0 saturated carbocycles. The van der Waals surface area contributed by atoms with Gasteiger partial charge in [-0.3, -0.25) is 0 Å². The molecule has 1 aliphatic rings. The average molecular weight is 278 g/mol. The highest BCUT2D eigenvalue weighted by molar-refractivity contribution is 6.61. The zero-order valence-electron chi connectivity index (χ0n) is 13.1. The molecule has 1 aromatic rings. The van der Waals surface area contributed by atoms with E-state index in [2.05, 4.69) is 23.8 Å². The summed E-state index contributed by atoms with van der Waals surface area (Å²) in [6.07, 6.45) is 3.40. The Kier molecular flexibility index (Phi) is 4.07. The van der Waals surface area contributed by atoms with Crippen molar-refractivity contribution < 1.29 is 14.0 Å². The van der Waals surface area contributed by atoms with E-state index >= 15 is 0 Å². The van der Waals surface area contributed by atoms with E-state index in [1.807, 2.05) is 27.7 Å². The van der Waals surface area contributed by atoms with Gasteiger partial charge < -0.3 is 14.0 Å². The monoisotopic (exact) mass is 278 g/mol. The zero-order valence-corrected chi connectivity index (χ0v) is 13.1. The molecule has 20 heavy (non-hydrogen) atoms. The minimum absolute atomic E-state index is 0.357. The number of hydrogen-bond acceptors (Lipinski definition) is 5. The van der Waals surface area contributed by atoms with Gasteiger partial charge in [-0.05, 0) is 33.6 Å². The highest BCUT2D eigenvalue weighted by Crippen LogP contribution is 2.36. The molecule has 110 valence electrons.